The van der Waals surface area contributed by atoms with Crippen LogP contribution in [0.4, 0.5) is 17.1 Å². The van der Waals surface area contributed by atoms with Gasteiger partial charge in [0.2, 0.25) is 5.75 Å². The monoisotopic (exact) mass is 247 g/mol. The number of hydrogen-bond acceptors (Lipinski definition) is 1. The van der Waals surface area contributed by atoms with Crippen LogP contribution in [0.25, 0.3) is 0 Å². The van der Waals surface area contributed by atoms with Gasteiger partial charge in [-0.05, 0) is 0 Å². The molecule has 1 rings (SSSR count). The number of benzene rings is 1. The quantitative estimate of drug-likeness (QED) is 0.360. The second kappa shape index (κ2) is 7.20. The maximum Gasteiger partial charge on any atom is 0.239 e. The van der Waals surface area contributed by atoms with Crippen molar-refractivity contribution in [3.05, 3.63) is 12.1 Å². The first kappa shape index (κ1) is 18.5. The van der Waals surface area contributed by atoms with Crippen molar-refractivity contribution in [2.24, 2.45) is 0 Å². The van der Waals surface area contributed by atoms with Crippen molar-refractivity contribution in [2.45, 2.75) is 0 Å². The molecule has 0 aliphatic heterocycles. The van der Waals surface area contributed by atoms with E-state index in [4.69, 9.17) is 0 Å². The van der Waals surface area contributed by atoms with E-state index in [1.54, 1.807) is 12.1 Å². The average Bonchev–Trinajstić information content (AvgIpc) is 1.82. The van der Waals surface area contributed by atoms with E-state index in [1.165, 1.54) is 0 Å². The van der Waals surface area contributed by atoms with Crippen LogP contribution in [-0.2, 0) is 0 Å². The second-order valence-corrected chi connectivity index (χ2v) is 2.26. The normalized spacial score (nSPS) is 7.62. The fourth-order valence-corrected chi connectivity index (χ4v) is 0.832. The van der Waals surface area contributed by atoms with Crippen LogP contribution < -0.4 is 54.4 Å². The summed E-state index contributed by atoms with van der Waals surface area (Å²) in [6, 6.07) is 3.42. The van der Waals surface area contributed by atoms with E-state index in [1.807, 2.05) is 0 Å². The van der Waals surface area contributed by atoms with Gasteiger partial charge in [-0.2, -0.15) is 0 Å². The fourth-order valence-electron chi connectivity index (χ4n) is 0.832. The van der Waals surface area contributed by atoms with E-state index < -0.39 is 0 Å². The van der Waals surface area contributed by atoms with Crippen LogP contribution >= 0.6 is 0 Å². The molecular weight excluding hydrogens is 236 g/mol. The first-order chi connectivity index (χ1) is 4.61. The summed E-state index contributed by atoms with van der Waals surface area (Å²) in [5.41, 5.74) is 12.9. The van der Waals surface area contributed by atoms with Gasteiger partial charge >= 0.3 is 0 Å². The van der Waals surface area contributed by atoms with Gasteiger partial charge in [0.25, 0.3) is 0 Å². The Labute approximate surface area is 94.7 Å². The van der Waals surface area contributed by atoms with Crippen LogP contribution in [0.2, 0.25) is 0 Å². The maximum atomic E-state index is 9.18. The Morgan fingerprint density at radius 3 is 1.46 bits per heavy atom. The molecule has 0 spiro atoms. The van der Waals surface area contributed by atoms with E-state index in [-0.39, 0.29) is 43.0 Å². The average molecular weight is 249 g/mol. The summed E-state index contributed by atoms with van der Waals surface area (Å²) in [7, 11) is 0. The Balaban J connectivity index is -0.000000333. The van der Waals surface area contributed by atoms with Gasteiger partial charge in [-0.25, -0.2) is 0 Å². The van der Waals surface area contributed by atoms with Crippen molar-refractivity contribution >= 4 is 17.1 Å². The molecule has 0 fully saturated rings. The lowest BCUT2D eigenvalue weighted by Gasteiger charge is -1.94. The van der Waals surface area contributed by atoms with E-state index in [0.717, 1.165) is 5.69 Å². The summed E-state index contributed by atoms with van der Waals surface area (Å²) >= 11 is 0. The lowest BCUT2D eigenvalue weighted by molar-refractivity contribution is -0.278. The van der Waals surface area contributed by atoms with Gasteiger partial charge in [-0.15, -0.1) is 0 Å². The number of rotatable bonds is 0. The molecule has 0 saturated carbocycles. The van der Waals surface area contributed by atoms with Crippen molar-refractivity contribution < 1.29 is 59.5 Å². The standard InChI is InChI=1S/C6H9N3O.3ClH/c7-3-1-4(8)6(10)5(9)2-3;;;/h1-2,10H,7-9H2;3*1H. The van der Waals surface area contributed by atoms with Crippen molar-refractivity contribution in [1.29, 1.82) is 0 Å². The van der Waals surface area contributed by atoms with Crippen LogP contribution in [0, 0.1) is 0 Å². The molecule has 0 bridgehead atoms. The predicted molar refractivity (Wildman–Crippen MR) is 35.8 cm³/mol. The zero-order valence-electron chi connectivity index (χ0n) is 6.86. The Morgan fingerprint density at radius 2 is 1.15 bits per heavy atom. The molecule has 0 unspecified atom stereocenters. The highest BCUT2D eigenvalue weighted by atomic mass is 35.5. The van der Waals surface area contributed by atoms with Crippen molar-refractivity contribution in [3.8, 4) is 5.75 Å². The van der Waals surface area contributed by atoms with Crippen LogP contribution in [0.3, 0.4) is 0 Å². The highest BCUT2D eigenvalue weighted by molar-refractivity contribution is 5.62. The molecule has 4 nitrogen and oxygen atoms in total. The summed E-state index contributed by atoms with van der Waals surface area (Å²) in [5, 5.41) is 9.18. The first-order valence-electron chi connectivity index (χ1n) is 2.94. The lowest BCUT2D eigenvalue weighted by atomic mass is 10.2. The maximum absolute atomic E-state index is 9.18. The minimum absolute atomic E-state index is 0. The third-order valence-corrected chi connectivity index (χ3v) is 1.33. The molecule has 1 aromatic carbocycles. The van der Waals surface area contributed by atoms with Gasteiger partial charge in [0.05, 0.1) is 12.1 Å². The number of aromatic hydroxyl groups is 1. The Kier molecular flexibility index (Phi) is 10.3. The van der Waals surface area contributed by atoms with Gasteiger partial charge in [-0.3, -0.25) is 0 Å². The van der Waals surface area contributed by atoms with E-state index in [0.29, 0.717) is 11.4 Å². The largest absolute Gasteiger partial charge is 1.00 e. The summed E-state index contributed by atoms with van der Waals surface area (Å²) in [6.07, 6.45) is 0. The molecule has 0 amide bonds. The molecule has 13 heavy (non-hydrogen) atoms. The Hall–Kier alpha value is -0.230. The molecule has 10 N–H and O–H groups in total. The van der Waals surface area contributed by atoms with Gasteiger partial charge in [0.15, 0.2) is 11.4 Å². The zero-order valence-corrected chi connectivity index (χ0v) is 9.12. The molecule has 0 aliphatic carbocycles. The third-order valence-electron chi connectivity index (χ3n) is 1.33. The molecule has 0 aliphatic rings. The summed E-state index contributed by atoms with van der Waals surface area (Å²) in [4.78, 5) is 0. The topological polar surface area (TPSA) is 103 Å². The SMILES string of the molecule is [Cl-].[Cl-].[Cl-].[NH3+]c1cc([NH3+])c(O)c([NH3+])c1. The lowest BCUT2D eigenvalue weighted by Crippen LogP contribution is -3.00. The van der Waals surface area contributed by atoms with Gasteiger partial charge in [-0.1, -0.05) is 0 Å². The van der Waals surface area contributed by atoms with E-state index in [2.05, 4.69) is 17.2 Å². The minimum atomic E-state index is 0. The second-order valence-electron chi connectivity index (χ2n) is 2.26. The van der Waals surface area contributed by atoms with Crippen molar-refractivity contribution in [3.63, 3.8) is 0 Å². The molecule has 0 radical (unpaired) electrons. The molecule has 1 aromatic rings. The minimum Gasteiger partial charge on any atom is -1.00 e. The molecule has 7 heteroatoms. The number of phenolic OH excluding ortho intramolecular Hbond substituents is 1. The third kappa shape index (κ3) is 4.52. The van der Waals surface area contributed by atoms with Crippen LogP contribution in [0.5, 0.6) is 5.75 Å². The summed E-state index contributed by atoms with van der Waals surface area (Å²) in [6.45, 7) is 0. The van der Waals surface area contributed by atoms with E-state index >= 15 is 0 Å². The van der Waals surface area contributed by atoms with Crippen LogP contribution in [0.1, 0.15) is 0 Å². The first-order valence-corrected chi connectivity index (χ1v) is 2.94. The number of phenols is 1. The predicted octanol–water partition coefficient (Wildman–Crippen LogP) is -11.0. The number of hydrogen-bond donors (Lipinski definition) is 4. The van der Waals surface area contributed by atoms with Crippen LogP contribution in [-0.4, -0.2) is 5.11 Å². The zero-order chi connectivity index (χ0) is 7.72. The summed E-state index contributed by atoms with van der Waals surface area (Å²) < 4.78 is 0. The van der Waals surface area contributed by atoms with E-state index in [9.17, 15) is 5.11 Å². The molecular formula is C6H12Cl3N3O. The highest BCUT2D eigenvalue weighted by Crippen LogP contribution is 2.26. The molecule has 0 saturated heterocycles. The smallest absolute Gasteiger partial charge is 0.239 e. The molecule has 0 atom stereocenters. The van der Waals surface area contributed by atoms with Crippen LogP contribution in [0.15, 0.2) is 12.1 Å². The van der Waals surface area contributed by atoms with Crippen molar-refractivity contribution in [2.75, 3.05) is 0 Å². The molecule has 0 aromatic heterocycles. The van der Waals surface area contributed by atoms with Gasteiger partial charge in [0, 0.05) is 0 Å². The highest BCUT2D eigenvalue weighted by Gasteiger charge is 2.09. The fraction of sp³-hybridized carbons (Fsp3) is 0. The molecule has 0 heterocycles. The van der Waals surface area contributed by atoms with Gasteiger partial charge < -0.3 is 59.5 Å². The van der Waals surface area contributed by atoms with Crippen molar-refractivity contribution in [1.82, 2.24) is 0 Å². The van der Waals surface area contributed by atoms with Gasteiger partial charge in [0.1, 0.15) is 5.69 Å². The molecule has 78 valence electrons. The number of halogens is 3. The Morgan fingerprint density at radius 1 is 0.846 bits per heavy atom. The number of quaternary nitrogens is 3. The Bertz CT molecular complexity index is 246. The summed E-state index contributed by atoms with van der Waals surface area (Å²) in [5.74, 6) is 0.160.